The van der Waals surface area contributed by atoms with Crippen LogP contribution >= 0.6 is 0 Å². The maximum absolute atomic E-state index is 12.4. The van der Waals surface area contributed by atoms with Gasteiger partial charge in [-0.25, -0.2) is 0 Å². The molecule has 0 saturated carbocycles. The highest BCUT2D eigenvalue weighted by molar-refractivity contribution is 5.80. The molecule has 0 aliphatic heterocycles. The molecule has 3 atom stereocenters. The van der Waals surface area contributed by atoms with Gasteiger partial charge in [0.05, 0.1) is 18.8 Å². The summed E-state index contributed by atoms with van der Waals surface area (Å²) in [6.07, 6.45) is 42.5. The molecule has 0 heterocycles. The molecule has 274 valence electrons. The van der Waals surface area contributed by atoms with Gasteiger partial charge in [0.1, 0.15) is 6.10 Å². The quantitative estimate of drug-likeness (QED) is 0.0397. The van der Waals surface area contributed by atoms with Gasteiger partial charge in [0.15, 0.2) is 0 Å². The first-order valence-corrected chi connectivity index (χ1v) is 20.5. The molecular formula is C41H81NO4. The predicted molar refractivity (Wildman–Crippen MR) is 199 cm³/mol. The number of allylic oxidation sites excluding steroid dienone is 1. The highest BCUT2D eigenvalue weighted by Crippen LogP contribution is 2.16. The molecule has 0 aliphatic rings. The van der Waals surface area contributed by atoms with Crippen molar-refractivity contribution in [3.05, 3.63) is 12.2 Å². The third-order valence-electron chi connectivity index (χ3n) is 9.63. The van der Waals surface area contributed by atoms with Gasteiger partial charge in [-0.1, -0.05) is 212 Å². The molecule has 0 aromatic heterocycles. The Morgan fingerprint density at radius 2 is 0.848 bits per heavy atom. The first-order chi connectivity index (χ1) is 22.6. The Bertz CT molecular complexity index is 640. The van der Waals surface area contributed by atoms with E-state index in [0.717, 1.165) is 32.1 Å². The number of amides is 1. The molecule has 0 aliphatic carbocycles. The van der Waals surface area contributed by atoms with E-state index in [1.165, 1.54) is 167 Å². The fourth-order valence-electron chi connectivity index (χ4n) is 6.36. The van der Waals surface area contributed by atoms with Gasteiger partial charge in [0.25, 0.3) is 0 Å². The van der Waals surface area contributed by atoms with Crippen LogP contribution in [0.1, 0.15) is 219 Å². The second kappa shape index (κ2) is 36.9. The van der Waals surface area contributed by atoms with Crippen molar-refractivity contribution in [2.45, 2.75) is 238 Å². The summed E-state index contributed by atoms with van der Waals surface area (Å²) >= 11 is 0. The Kier molecular flexibility index (Phi) is 36.2. The van der Waals surface area contributed by atoms with E-state index in [-0.39, 0.29) is 6.61 Å². The van der Waals surface area contributed by atoms with Crippen molar-refractivity contribution in [1.29, 1.82) is 0 Å². The zero-order valence-electron chi connectivity index (χ0n) is 31.0. The first-order valence-electron chi connectivity index (χ1n) is 20.5. The second-order valence-corrected chi connectivity index (χ2v) is 14.2. The summed E-state index contributed by atoms with van der Waals surface area (Å²) in [6, 6.07) is -0.790. The number of aliphatic hydroxyl groups is 3. The van der Waals surface area contributed by atoms with Crippen LogP contribution in [0.3, 0.4) is 0 Å². The van der Waals surface area contributed by atoms with Crippen LogP contribution in [0, 0.1) is 0 Å². The summed E-state index contributed by atoms with van der Waals surface area (Å²) in [5, 5.41) is 32.9. The van der Waals surface area contributed by atoms with Crippen molar-refractivity contribution >= 4 is 5.91 Å². The Labute approximate surface area is 287 Å². The van der Waals surface area contributed by atoms with Gasteiger partial charge in [-0.2, -0.15) is 0 Å². The van der Waals surface area contributed by atoms with E-state index in [2.05, 4.69) is 19.2 Å². The lowest BCUT2D eigenvalue weighted by atomic mass is 10.0. The predicted octanol–water partition coefficient (Wildman–Crippen LogP) is 11.3. The van der Waals surface area contributed by atoms with E-state index < -0.39 is 24.2 Å². The molecule has 5 heteroatoms. The lowest BCUT2D eigenvalue weighted by Gasteiger charge is -2.21. The van der Waals surface area contributed by atoms with E-state index in [9.17, 15) is 20.1 Å². The SMILES string of the molecule is CCCCCCCCC/C=C/C(O)C(CO)NC(=O)C(O)CCCCCCCCCCCCCCCCCCCCCCCCC. The van der Waals surface area contributed by atoms with Crippen molar-refractivity contribution in [3.63, 3.8) is 0 Å². The highest BCUT2D eigenvalue weighted by Gasteiger charge is 2.22. The largest absolute Gasteiger partial charge is 0.394 e. The van der Waals surface area contributed by atoms with Crippen LogP contribution in [-0.2, 0) is 4.79 Å². The third kappa shape index (κ3) is 31.7. The standard InChI is InChI=1S/C41H81NO4/c1-3-5-7-9-11-13-14-15-16-17-18-19-20-21-22-23-24-25-26-28-30-32-34-36-40(45)41(46)42-38(37-43)39(44)35-33-31-29-27-12-10-8-6-4-2/h33,35,38-40,43-45H,3-32,34,36-37H2,1-2H3,(H,42,46)/b35-33+. The molecule has 0 radical (unpaired) electrons. The fourth-order valence-corrected chi connectivity index (χ4v) is 6.36. The molecular weight excluding hydrogens is 570 g/mol. The smallest absolute Gasteiger partial charge is 0.249 e. The number of hydrogen-bond donors (Lipinski definition) is 4. The van der Waals surface area contributed by atoms with Gasteiger partial charge in [0, 0.05) is 0 Å². The van der Waals surface area contributed by atoms with Crippen molar-refractivity contribution < 1.29 is 20.1 Å². The third-order valence-corrected chi connectivity index (χ3v) is 9.63. The van der Waals surface area contributed by atoms with Crippen LogP contribution in [0.2, 0.25) is 0 Å². The van der Waals surface area contributed by atoms with Gasteiger partial charge in [0.2, 0.25) is 5.91 Å². The second-order valence-electron chi connectivity index (χ2n) is 14.2. The van der Waals surface area contributed by atoms with Crippen LogP contribution in [0.5, 0.6) is 0 Å². The van der Waals surface area contributed by atoms with Gasteiger partial charge in [-0.15, -0.1) is 0 Å². The van der Waals surface area contributed by atoms with E-state index in [4.69, 9.17) is 0 Å². The molecule has 0 spiro atoms. The van der Waals surface area contributed by atoms with Crippen molar-refractivity contribution in [1.82, 2.24) is 5.32 Å². The minimum atomic E-state index is -1.09. The van der Waals surface area contributed by atoms with Crippen LogP contribution < -0.4 is 5.32 Å². The van der Waals surface area contributed by atoms with Crippen molar-refractivity contribution in [3.8, 4) is 0 Å². The molecule has 1 amide bonds. The lowest BCUT2D eigenvalue weighted by molar-refractivity contribution is -0.131. The molecule has 4 N–H and O–H groups in total. The van der Waals surface area contributed by atoms with Crippen LogP contribution in [-0.4, -0.2) is 46.1 Å². The summed E-state index contributed by atoms with van der Waals surface area (Å²) < 4.78 is 0. The van der Waals surface area contributed by atoms with Crippen molar-refractivity contribution in [2.75, 3.05) is 6.61 Å². The molecule has 0 rings (SSSR count). The Hall–Kier alpha value is -0.910. The van der Waals surface area contributed by atoms with E-state index >= 15 is 0 Å². The number of aliphatic hydroxyl groups excluding tert-OH is 3. The van der Waals surface area contributed by atoms with Crippen LogP contribution in [0.25, 0.3) is 0 Å². The Balaban J connectivity index is 3.56. The summed E-state index contributed by atoms with van der Waals surface area (Å²) in [7, 11) is 0. The maximum atomic E-state index is 12.4. The average Bonchev–Trinajstić information content (AvgIpc) is 3.06. The average molecular weight is 652 g/mol. The summed E-state index contributed by atoms with van der Waals surface area (Å²) in [6.45, 7) is 4.15. The summed E-state index contributed by atoms with van der Waals surface area (Å²) in [5.41, 5.74) is 0. The monoisotopic (exact) mass is 652 g/mol. The van der Waals surface area contributed by atoms with Crippen LogP contribution in [0.4, 0.5) is 0 Å². The normalized spacial score (nSPS) is 13.8. The maximum Gasteiger partial charge on any atom is 0.249 e. The minimum Gasteiger partial charge on any atom is -0.394 e. The van der Waals surface area contributed by atoms with E-state index in [0.29, 0.717) is 6.42 Å². The van der Waals surface area contributed by atoms with Crippen LogP contribution in [0.15, 0.2) is 12.2 Å². The van der Waals surface area contributed by atoms with E-state index in [1.807, 2.05) is 6.08 Å². The number of hydrogen-bond acceptors (Lipinski definition) is 4. The van der Waals surface area contributed by atoms with Gasteiger partial charge in [-0.05, 0) is 19.3 Å². The molecule has 0 fully saturated rings. The molecule has 0 saturated heterocycles. The number of carbonyl (C=O) groups excluding carboxylic acids is 1. The number of rotatable bonds is 37. The number of unbranched alkanes of at least 4 members (excludes halogenated alkanes) is 29. The Morgan fingerprint density at radius 3 is 1.20 bits per heavy atom. The molecule has 0 aromatic rings. The molecule has 0 bridgehead atoms. The van der Waals surface area contributed by atoms with Gasteiger partial charge in [-0.3, -0.25) is 4.79 Å². The summed E-state index contributed by atoms with van der Waals surface area (Å²) in [5.74, 6) is -0.502. The van der Waals surface area contributed by atoms with Gasteiger partial charge >= 0.3 is 0 Å². The van der Waals surface area contributed by atoms with E-state index in [1.54, 1.807) is 6.08 Å². The molecule has 3 unspecified atom stereocenters. The molecule has 0 aromatic carbocycles. The fraction of sp³-hybridized carbons (Fsp3) is 0.927. The minimum absolute atomic E-state index is 0.360. The number of carbonyl (C=O) groups is 1. The molecule has 46 heavy (non-hydrogen) atoms. The molecule has 5 nitrogen and oxygen atoms in total. The Morgan fingerprint density at radius 1 is 0.522 bits per heavy atom. The zero-order chi connectivity index (χ0) is 33.8. The first kappa shape index (κ1) is 45.1. The number of nitrogens with one attached hydrogen (secondary N) is 1. The topological polar surface area (TPSA) is 89.8 Å². The lowest BCUT2D eigenvalue weighted by Crippen LogP contribution is -2.48. The summed E-state index contributed by atoms with van der Waals surface area (Å²) in [4.78, 5) is 12.4. The van der Waals surface area contributed by atoms with Crippen molar-refractivity contribution in [2.24, 2.45) is 0 Å². The van der Waals surface area contributed by atoms with Gasteiger partial charge < -0.3 is 20.6 Å². The highest BCUT2D eigenvalue weighted by atomic mass is 16.3. The zero-order valence-corrected chi connectivity index (χ0v) is 31.0.